The predicted octanol–water partition coefficient (Wildman–Crippen LogP) is 2.74. The van der Waals surface area contributed by atoms with E-state index in [2.05, 4.69) is 21.6 Å². The summed E-state index contributed by atoms with van der Waals surface area (Å²) in [6.45, 7) is 2.50. The van der Waals surface area contributed by atoms with Crippen molar-refractivity contribution in [2.24, 2.45) is 0 Å². The lowest BCUT2D eigenvalue weighted by atomic mass is 9.97. The zero-order valence-corrected chi connectivity index (χ0v) is 15.1. The number of amides is 1. The van der Waals surface area contributed by atoms with Crippen molar-refractivity contribution in [3.05, 3.63) is 30.0 Å². The number of allylic oxidation sites excluding steroid dienone is 1. The number of carbonyl (C=O) groups excluding carboxylic acids is 1. The van der Waals surface area contributed by atoms with E-state index in [1.54, 1.807) is 18.4 Å². The van der Waals surface area contributed by atoms with Gasteiger partial charge in [0.2, 0.25) is 16.9 Å². The summed E-state index contributed by atoms with van der Waals surface area (Å²) in [4.78, 5) is 12.3. The van der Waals surface area contributed by atoms with E-state index in [1.165, 1.54) is 41.3 Å². The molecular weight excluding hydrogens is 338 g/mol. The molecule has 1 atom stereocenters. The lowest BCUT2D eigenvalue weighted by molar-refractivity contribution is -0.120. The number of nitrogen functional groups attached to an aromatic ring is 1. The molecule has 3 rings (SSSR count). The van der Waals surface area contributed by atoms with Crippen LogP contribution in [0.15, 0.2) is 39.6 Å². The highest BCUT2D eigenvalue weighted by Gasteiger charge is 2.20. The van der Waals surface area contributed by atoms with Crippen molar-refractivity contribution in [2.45, 2.75) is 49.4 Å². The molecule has 2 aromatic heterocycles. The Morgan fingerprint density at radius 1 is 1.48 bits per heavy atom. The number of aromatic nitrogens is 3. The second-order valence-electron chi connectivity index (χ2n) is 6.06. The number of rotatable bonds is 7. The van der Waals surface area contributed by atoms with Gasteiger partial charge in [0.05, 0.1) is 11.5 Å². The van der Waals surface area contributed by atoms with Crippen molar-refractivity contribution in [2.75, 3.05) is 12.4 Å². The van der Waals surface area contributed by atoms with Gasteiger partial charge < -0.3 is 15.6 Å². The molecule has 0 bridgehead atoms. The van der Waals surface area contributed by atoms with Crippen LogP contribution >= 0.6 is 11.8 Å². The number of hydrogen-bond donors (Lipinski definition) is 2. The fourth-order valence-corrected chi connectivity index (χ4v) is 3.56. The van der Waals surface area contributed by atoms with Crippen LogP contribution in [-0.2, 0) is 4.79 Å². The number of thioether (sulfide) groups is 1. The normalized spacial score (nSPS) is 15.6. The molecule has 1 aliphatic rings. The minimum Gasteiger partial charge on any atom is -0.461 e. The maximum Gasteiger partial charge on any atom is 0.233 e. The summed E-state index contributed by atoms with van der Waals surface area (Å²) in [5, 5.41) is 11.2. The van der Waals surface area contributed by atoms with E-state index in [-0.39, 0.29) is 11.2 Å². The quantitative estimate of drug-likeness (QED) is 0.447. The molecule has 0 spiro atoms. The van der Waals surface area contributed by atoms with Crippen molar-refractivity contribution in [3.63, 3.8) is 0 Å². The second-order valence-corrected chi connectivity index (χ2v) is 7.37. The molecule has 2 heterocycles. The third kappa shape index (κ3) is 4.45. The Hall–Kier alpha value is -2.22. The molecule has 0 aromatic carbocycles. The summed E-state index contributed by atoms with van der Waals surface area (Å²) in [5.74, 6) is 6.96. The topological polar surface area (TPSA) is 99.0 Å². The molecule has 3 N–H and O–H groups in total. The summed E-state index contributed by atoms with van der Waals surface area (Å²) in [5.41, 5.74) is 1.46. The van der Waals surface area contributed by atoms with Crippen molar-refractivity contribution in [1.29, 1.82) is 0 Å². The Kier molecular flexibility index (Phi) is 5.80. The fourth-order valence-electron chi connectivity index (χ4n) is 2.76. The Morgan fingerprint density at radius 2 is 2.36 bits per heavy atom. The third-order valence-electron chi connectivity index (χ3n) is 4.19. The number of hydrogen-bond acceptors (Lipinski definition) is 6. The van der Waals surface area contributed by atoms with Crippen molar-refractivity contribution < 1.29 is 9.21 Å². The van der Waals surface area contributed by atoms with Crippen LogP contribution in [0.3, 0.4) is 0 Å². The van der Waals surface area contributed by atoms with Gasteiger partial charge in [0.15, 0.2) is 5.76 Å². The summed E-state index contributed by atoms with van der Waals surface area (Å²) < 4.78 is 6.63. The monoisotopic (exact) mass is 361 g/mol. The van der Waals surface area contributed by atoms with Gasteiger partial charge in [-0.05, 0) is 51.2 Å². The average molecular weight is 361 g/mol. The number of carbonyl (C=O) groups is 1. The van der Waals surface area contributed by atoms with Gasteiger partial charge in [-0.3, -0.25) is 4.79 Å². The zero-order valence-electron chi connectivity index (χ0n) is 14.3. The van der Waals surface area contributed by atoms with Crippen molar-refractivity contribution in [1.82, 2.24) is 20.2 Å². The Balaban J connectivity index is 1.50. The molecule has 2 aromatic rings. The van der Waals surface area contributed by atoms with Crippen LogP contribution in [0.5, 0.6) is 0 Å². The van der Waals surface area contributed by atoms with Gasteiger partial charge in [0, 0.05) is 6.54 Å². The van der Waals surface area contributed by atoms with Gasteiger partial charge in [-0.2, -0.15) is 0 Å². The highest BCUT2D eigenvalue weighted by Crippen LogP contribution is 2.25. The Morgan fingerprint density at radius 3 is 3.08 bits per heavy atom. The van der Waals surface area contributed by atoms with Crippen molar-refractivity contribution >= 4 is 17.7 Å². The summed E-state index contributed by atoms with van der Waals surface area (Å²) >= 11 is 1.28. The molecule has 0 aliphatic heterocycles. The van der Waals surface area contributed by atoms with Crippen LogP contribution in [0.2, 0.25) is 0 Å². The summed E-state index contributed by atoms with van der Waals surface area (Å²) in [6, 6.07) is 3.52. The van der Waals surface area contributed by atoms with E-state index >= 15 is 0 Å². The first-order valence-electron chi connectivity index (χ1n) is 8.52. The third-order valence-corrected chi connectivity index (χ3v) is 5.24. The molecule has 0 radical (unpaired) electrons. The van der Waals surface area contributed by atoms with E-state index < -0.39 is 0 Å². The lowest BCUT2D eigenvalue weighted by Gasteiger charge is -2.14. The molecule has 1 aliphatic carbocycles. The maximum atomic E-state index is 12.3. The Labute approximate surface area is 151 Å². The number of furan rings is 1. The lowest BCUT2D eigenvalue weighted by Crippen LogP contribution is -2.32. The van der Waals surface area contributed by atoms with E-state index in [4.69, 9.17) is 10.3 Å². The first-order chi connectivity index (χ1) is 12.1. The summed E-state index contributed by atoms with van der Waals surface area (Å²) in [7, 11) is 0. The molecule has 8 heteroatoms. The summed E-state index contributed by atoms with van der Waals surface area (Å²) in [6.07, 6.45) is 9.65. The van der Waals surface area contributed by atoms with Gasteiger partial charge >= 0.3 is 0 Å². The molecule has 25 heavy (non-hydrogen) atoms. The van der Waals surface area contributed by atoms with Gasteiger partial charge in [0.25, 0.3) is 0 Å². The second kappa shape index (κ2) is 8.24. The molecule has 0 unspecified atom stereocenters. The maximum absolute atomic E-state index is 12.3. The molecule has 0 saturated heterocycles. The van der Waals surface area contributed by atoms with Crippen LogP contribution in [0.25, 0.3) is 11.6 Å². The van der Waals surface area contributed by atoms with Crippen LogP contribution < -0.4 is 11.2 Å². The minimum atomic E-state index is -0.309. The molecular formula is C17H23N5O2S. The largest absolute Gasteiger partial charge is 0.461 e. The first-order valence-corrected chi connectivity index (χ1v) is 9.40. The van der Waals surface area contributed by atoms with E-state index in [0.29, 0.717) is 23.3 Å². The van der Waals surface area contributed by atoms with Crippen molar-refractivity contribution in [3.8, 4) is 11.6 Å². The fraction of sp³-hybridized carbons (Fsp3) is 0.471. The van der Waals surface area contributed by atoms with E-state index in [1.807, 2.05) is 6.92 Å². The first kappa shape index (κ1) is 17.6. The van der Waals surface area contributed by atoms with Crippen LogP contribution in [-0.4, -0.2) is 32.6 Å². The smallest absolute Gasteiger partial charge is 0.233 e. The van der Waals surface area contributed by atoms with Gasteiger partial charge in [-0.25, -0.2) is 4.68 Å². The molecule has 7 nitrogen and oxygen atoms in total. The molecule has 0 saturated carbocycles. The average Bonchev–Trinajstić information content (AvgIpc) is 3.26. The van der Waals surface area contributed by atoms with Crippen LogP contribution in [0.4, 0.5) is 0 Å². The van der Waals surface area contributed by atoms with Crippen LogP contribution in [0, 0.1) is 0 Å². The molecule has 1 amide bonds. The zero-order chi connectivity index (χ0) is 17.6. The SMILES string of the molecule is C[C@@H](Sc1nnc(-c2ccco2)n1N)C(=O)NCCC1=CCCCC1. The van der Waals surface area contributed by atoms with Crippen LogP contribution in [0.1, 0.15) is 39.0 Å². The number of nitrogens with zero attached hydrogens (tertiary/aromatic N) is 3. The number of nitrogens with two attached hydrogens (primary N) is 1. The minimum absolute atomic E-state index is 0.0241. The number of nitrogens with one attached hydrogen (secondary N) is 1. The highest BCUT2D eigenvalue weighted by molar-refractivity contribution is 8.00. The van der Waals surface area contributed by atoms with Gasteiger partial charge in [-0.1, -0.05) is 23.4 Å². The molecule has 134 valence electrons. The standard InChI is InChI=1S/C17H23N5O2S/c1-12(16(23)19-10-9-13-6-3-2-4-7-13)25-17-21-20-15(22(17)18)14-8-5-11-24-14/h5-6,8,11-12H,2-4,7,9-10,18H2,1H3,(H,19,23)/t12-/m1/s1. The van der Waals surface area contributed by atoms with E-state index in [0.717, 1.165) is 12.8 Å². The predicted molar refractivity (Wildman–Crippen MR) is 97.4 cm³/mol. The highest BCUT2D eigenvalue weighted by atomic mass is 32.2. The molecule has 0 fully saturated rings. The van der Waals surface area contributed by atoms with E-state index in [9.17, 15) is 4.79 Å². The van der Waals surface area contributed by atoms with Gasteiger partial charge in [-0.15, -0.1) is 10.2 Å². The van der Waals surface area contributed by atoms with Gasteiger partial charge in [0.1, 0.15) is 0 Å². The Bertz CT molecular complexity index is 738.